The first-order chi connectivity index (χ1) is 15.8. The molecule has 4 aliphatic rings. The van der Waals surface area contributed by atoms with E-state index in [1.165, 1.54) is 6.42 Å². The number of ketones is 1. The van der Waals surface area contributed by atoms with Crippen LogP contribution < -0.4 is 0 Å². The number of carboxylic acid groups (broad SMARTS) is 1. The number of aliphatic carboxylic acids is 1. The van der Waals surface area contributed by atoms with Gasteiger partial charge in [0.1, 0.15) is 5.78 Å². The number of aliphatic hydroxyl groups is 1. The van der Waals surface area contributed by atoms with Crippen LogP contribution in [0.3, 0.4) is 0 Å². The van der Waals surface area contributed by atoms with Crippen LogP contribution in [0.4, 0.5) is 0 Å². The maximum Gasteiger partial charge on any atom is 0.330 e. The lowest BCUT2D eigenvalue weighted by Gasteiger charge is -2.61. The summed E-state index contributed by atoms with van der Waals surface area (Å²) in [5, 5.41) is 19.5. The lowest BCUT2D eigenvalue weighted by Crippen LogP contribution is -2.54. The molecule has 2 saturated carbocycles. The van der Waals surface area contributed by atoms with Gasteiger partial charge in [-0.25, -0.2) is 4.79 Å². The largest absolute Gasteiger partial charge is 0.478 e. The van der Waals surface area contributed by atoms with Crippen molar-refractivity contribution in [2.75, 3.05) is 6.61 Å². The Morgan fingerprint density at radius 3 is 2.38 bits per heavy atom. The molecule has 0 saturated heterocycles. The minimum absolute atomic E-state index is 0.142. The summed E-state index contributed by atoms with van der Waals surface area (Å²) in [6.45, 7) is 13.7. The molecule has 0 heterocycles. The number of hydrogen-bond acceptors (Lipinski definition) is 3. The van der Waals surface area contributed by atoms with E-state index in [1.807, 2.05) is 6.08 Å². The molecular formula is C30H46O4. The summed E-state index contributed by atoms with van der Waals surface area (Å²) in [5.74, 6) is 0.712. The highest BCUT2D eigenvalue weighted by Crippen LogP contribution is 2.72. The van der Waals surface area contributed by atoms with Gasteiger partial charge in [-0.05, 0) is 98.7 Å². The lowest BCUT2D eigenvalue weighted by molar-refractivity contribution is -0.139. The number of carbonyl (C=O) groups is 2. The van der Waals surface area contributed by atoms with Crippen molar-refractivity contribution in [3.63, 3.8) is 0 Å². The predicted octanol–water partition coefficient (Wildman–Crippen LogP) is 6.72. The van der Waals surface area contributed by atoms with Crippen LogP contribution in [-0.2, 0) is 9.59 Å². The van der Waals surface area contributed by atoms with Gasteiger partial charge >= 0.3 is 5.97 Å². The van der Waals surface area contributed by atoms with Crippen molar-refractivity contribution < 1.29 is 19.8 Å². The summed E-state index contributed by atoms with van der Waals surface area (Å²) < 4.78 is 0. The topological polar surface area (TPSA) is 74.6 Å². The maximum atomic E-state index is 12.8. The first-order valence-electron chi connectivity index (χ1n) is 13.6. The van der Waals surface area contributed by atoms with E-state index in [1.54, 1.807) is 18.1 Å². The molecule has 0 unspecified atom stereocenters. The van der Waals surface area contributed by atoms with Gasteiger partial charge in [0.25, 0.3) is 0 Å². The smallest absolute Gasteiger partial charge is 0.330 e. The van der Waals surface area contributed by atoms with Crippen LogP contribution in [0.1, 0.15) is 106 Å². The summed E-state index contributed by atoms with van der Waals surface area (Å²) in [6.07, 6.45) is 11.9. The molecule has 190 valence electrons. The van der Waals surface area contributed by atoms with Gasteiger partial charge in [-0.15, -0.1) is 0 Å². The molecule has 4 rings (SSSR count). The van der Waals surface area contributed by atoms with E-state index >= 15 is 0 Å². The van der Waals surface area contributed by atoms with Crippen molar-refractivity contribution >= 4 is 11.8 Å². The second kappa shape index (κ2) is 8.61. The van der Waals surface area contributed by atoms with Gasteiger partial charge in [-0.1, -0.05) is 51.8 Å². The molecule has 0 spiro atoms. The second-order valence-corrected chi connectivity index (χ2v) is 13.2. The highest BCUT2D eigenvalue weighted by molar-refractivity contribution is 5.86. The Labute approximate surface area is 206 Å². The van der Waals surface area contributed by atoms with Crippen LogP contribution in [0.2, 0.25) is 0 Å². The Kier molecular flexibility index (Phi) is 6.50. The average molecular weight is 471 g/mol. The van der Waals surface area contributed by atoms with E-state index in [9.17, 15) is 14.7 Å². The van der Waals surface area contributed by atoms with E-state index in [4.69, 9.17) is 5.11 Å². The van der Waals surface area contributed by atoms with E-state index in [-0.39, 0.29) is 34.2 Å². The predicted molar refractivity (Wildman–Crippen MR) is 135 cm³/mol. The molecule has 4 heteroatoms. The van der Waals surface area contributed by atoms with Gasteiger partial charge in [0.15, 0.2) is 0 Å². The first kappa shape index (κ1) is 25.7. The van der Waals surface area contributed by atoms with Crippen LogP contribution in [0, 0.1) is 39.4 Å². The second-order valence-electron chi connectivity index (χ2n) is 13.2. The quantitative estimate of drug-likeness (QED) is 0.334. The summed E-state index contributed by atoms with van der Waals surface area (Å²) in [7, 11) is 0. The average Bonchev–Trinajstić information content (AvgIpc) is 3.05. The number of hydrogen-bond donors (Lipinski definition) is 2. The van der Waals surface area contributed by atoms with Crippen molar-refractivity contribution in [1.29, 1.82) is 0 Å². The van der Waals surface area contributed by atoms with Gasteiger partial charge in [0.05, 0.1) is 0 Å². The maximum absolute atomic E-state index is 12.8. The SMILES string of the molecule is C/C(=C\CC[C@H](CO)[C@H]1CC[C@@]2(C)C3=C(CC[C@]12C)[C@@]1(C)CCC(=O)C(C)(C)[C@@H]1CC3)C(=O)O. The van der Waals surface area contributed by atoms with E-state index in [0.717, 1.165) is 44.9 Å². The molecule has 2 fully saturated rings. The molecule has 6 atom stereocenters. The molecule has 0 aliphatic heterocycles. The number of rotatable bonds is 6. The zero-order chi connectivity index (χ0) is 25.1. The number of Topliss-reactive ketones (excluding diaryl/α,β-unsaturated/α-hetero) is 1. The molecule has 0 amide bonds. The Morgan fingerprint density at radius 1 is 1.03 bits per heavy atom. The molecular weight excluding hydrogens is 424 g/mol. The molecule has 0 aromatic rings. The third-order valence-corrected chi connectivity index (χ3v) is 11.7. The summed E-state index contributed by atoms with van der Waals surface area (Å²) >= 11 is 0. The Morgan fingerprint density at radius 2 is 1.74 bits per heavy atom. The number of carboxylic acids is 1. The molecule has 0 radical (unpaired) electrons. The van der Waals surface area contributed by atoms with Crippen LogP contribution in [0.15, 0.2) is 22.8 Å². The number of allylic oxidation sites excluding steroid dienone is 3. The van der Waals surface area contributed by atoms with Crippen molar-refractivity contribution in [3.8, 4) is 0 Å². The number of fused-ring (bicyclic) bond motifs is 4. The van der Waals surface area contributed by atoms with Crippen LogP contribution in [0.25, 0.3) is 0 Å². The fourth-order valence-corrected chi connectivity index (χ4v) is 9.31. The zero-order valence-electron chi connectivity index (χ0n) is 22.3. The fourth-order valence-electron chi connectivity index (χ4n) is 9.31. The minimum Gasteiger partial charge on any atom is -0.478 e. The van der Waals surface area contributed by atoms with Crippen LogP contribution in [0.5, 0.6) is 0 Å². The summed E-state index contributed by atoms with van der Waals surface area (Å²) in [4.78, 5) is 24.0. The monoisotopic (exact) mass is 470 g/mol. The Bertz CT molecular complexity index is 926. The highest BCUT2D eigenvalue weighted by Gasteiger charge is 2.63. The van der Waals surface area contributed by atoms with Crippen LogP contribution >= 0.6 is 0 Å². The van der Waals surface area contributed by atoms with Gasteiger partial charge in [-0.3, -0.25) is 4.79 Å². The standard InChI is InChI=1S/C30H46O4/c1-19(26(33)34)8-7-9-20(18-31)21-12-16-30(6)23-10-11-24-27(2,3)25(32)14-15-28(24,4)22(23)13-17-29(21,30)5/h8,20-21,24,31H,7,9-18H2,1-6H3,(H,33,34)/b19-8+/t20-,21-,24+,28-,29-,30+/m1/s1. The highest BCUT2D eigenvalue weighted by atomic mass is 16.4. The van der Waals surface area contributed by atoms with E-state index < -0.39 is 5.97 Å². The molecule has 4 aliphatic carbocycles. The number of aliphatic hydroxyl groups excluding tert-OH is 1. The number of carbonyl (C=O) groups excluding carboxylic acids is 1. The van der Waals surface area contributed by atoms with Crippen molar-refractivity contribution in [3.05, 3.63) is 22.8 Å². The molecule has 0 bridgehead atoms. The summed E-state index contributed by atoms with van der Waals surface area (Å²) in [5.41, 5.74) is 4.01. The lowest BCUT2D eigenvalue weighted by atomic mass is 9.43. The van der Waals surface area contributed by atoms with E-state index in [2.05, 4.69) is 34.6 Å². The Balaban J connectivity index is 1.63. The zero-order valence-corrected chi connectivity index (χ0v) is 22.3. The van der Waals surface area contributed by atoms with Gasteiger partial charge < -0.3 is 10.2 Å². The molecule has 2 N–H and O–H groups in total. The molecule has 34 heavy (non-hydrogen) atoms. The van der Waals surface area contributed by atoms with Gasteiger partial charge in [0.2, 0.25) is 0 Å². The van der Waals surface area contributed by atoms with Gasteiger partial charge in [-0.2, -0.15) is 0 Å². The molecule has 4 nitrogen and oxygen atoms in total. The van der Waals surface area contributed by atoms with Crippen molar-refractivity contribution in [1.82, 2.24) is 0 Å². The third kappa shape index (κ3) is 3.57. The van der Waals surface area contributed by atoms with Gasteiger partial charge in [0, 0.05) is 24.0 Å². The normalized spacial score (nSPS) is 40.4. The molecule has 0 aromatic heterocycles. The third-order valence-electron chi connectivity index (χ3n) is 11.7. The van der Waals surface area contributed by atoms with E-state index in [0.29, 0.717) is 36.0 Å². The minimum atomic E-state index is -0.857. The van der Waals surface area contributed by atoms with Crippen molar-refractivity contribution in [2.24, 2.45) is 39.4 Å². The summed E-state index contributed by atoms with van der Waals surface area (Å²) in [6, 6.07) is 0. The Hall–Kier alpha value is -1.42. The first-order valence-corrected chi connectivity index (χ1v) is 13.6. The van der Waals surface area contributed by atoms with Crippen LogP contribution in [-0.4, -0.2) is 28.6 Å². The molecule has 0 aromatic carbocycles. The fraction of sp³-hybridized carbons (Fsp3) is 0.800. The van der Waals surface area contributed by atoms with Crippen molar-refractivity contribution in [2.45, 2.75) is 106 Å².